The fourth-order valence-corrected chi connectivity index (χ4v) is 4.46. The van der Waals surface area contributed by atoms with Crippen LogP contribution in [0.4, 0.5) is 8.78 Å². The van der Waals surface area contributed by atoms with Gasteiger partial charge in [0.2, 0.25) is 5.75 Å². The summed E-state index contributed by atoms with van der Waals surface area (Å²) >= 11 is 5.99. The van der Waals surface area contributed by atoms with Crippen molar-refractivity contribution < 1.29 is 18.3 Å². The van der Waals surface area contributed by atoms with Gasteiger partial charge in [-0.15, -0.1) is 9.24 Å². The normalized spacial score (nSPS) is 11.6. The van der Waals surface area contributed by atoms with Gasteiger partial charge >= 0.3 is 5.66 Å². The topological polar surface area (TPSA) is 97.0 Å². The van der Waals surface area contributed by atoms with Gasteiger partial charge in [0.05, 0.1) is 24.5 Å². The maximum absolute atomic E-state index is 14.3. The van der Waals surface area contributed by atoms with Crippen molar-refractivity contribution in [2.24, 2.45) is 0 Å². The Morgan fingerprint density at radius 2 is 2.05 bits per heavy atom. The summed E-state index contributed by atoms with van der Waals surface area (Å²) in [7, 11) is 5.38. The Morgan fingerprint density at radius 1 is 1.34 bits per heavy atom. The average Bonchev–Trinajstić information content (AvgIpc) is 2.83. The molecule has 1 heterocycles. The molecule has 0 bridgehead atoms. The summed E-state index contributed by atoms with van der Waals surface area (Å²) in [5, 5.41) is 12.7. The van der Waals surface area contributed by atoms with Crippen molar-refractivity contribution in [1.29, 1.82) is 5.26 Å². The molecule has 2 unspecified atom stereocenters. The quantitative estimate of drug-likeness (QED) is 0.239. The lowest BCUT2D eigenvalue weighted by Gasteiger charge is -2.17. The fraction of sp³-hybridized carbons (Fsp3) is 0.154. The molecule has 0 fully saturated rings. The van der Waals surface area contributed by atoms with Crippen LogP contribution in [0.3, 0.4) is 0 Å². The van der Waals surface area contributed by atoms with Crippen LogP contribution in [0.1, 0.15) is 22.4 Å². The molecule has 0 aliphatic rings. The lowest BCUT2D eigenvalue weighted by atomic mass is 10.0. The minimum Gasteiger partial charge on any atom is -0.449 e. The first kappa shape index (κ1) is 29.1. The number of benzene rings is 2. The predicted octanol–water partition coefficient (Wildman–Crippen LogP) is 4.68. The van der Waals surface area contributed by atoms with E-state index in [0.717, 1.165) is 21.8 Å². The third kappa shape index (κ3) is 6.90. The van der Waals surface area contributed by atoms with E-state index in [1.54, 1.807) is 6.07 Å². The van der Waals surface area contributed by atoms with Gasteiger partial charge in [-0.1, -0.05) is 51.2 Å². The molecule has 0 aliphatic carbocycles. The maximum atomic E-state index is 14.3. The Balaban J connectivity index is 2.05. The Bertz CT molecular complexity index is 1560. The van der Waals surface area contributed by atoms with E-state index < -0.39 is 22.7 Å². The summed E-state index contributed by atoms with van der Waals surface area (Å²) in [4.78, 5) is 29.7. The zero-order valence-electron chi connectivity index (χ0n) is 20.4. The SMILES string of the molecule is C=C(/C=C(\C(=O)NC)c1ccc(C)cc1P)Cn1cnc(C(F)(F)P)c(Oc2cc(Cl)cc(C#N)c2)c1=O. The van der Waals surface area contributed by atoms with Crippen LogP contribution in [-0.2, 0) is 17.0 Å². The van der Waals surface area contributed by atoms with E-state index in [2.05, 4.69) is 26.1 Å². The molecular weight excluding hydrogens is 552 g/mol. The number of nitrogens with zero attached hydrogens (tertiary/aromatic N) is 3. The number of aryl methyl sites for hydroxylation is 1. The molecule has 0 spiro atoms. The van der Waals surface area contributed by atoms with Crippen LogP contribution in [0.25, 0.3) is 5.57 Å². The summed E-state index contributed by atoms with van der Waals surface area (Å²) in [5.74, 6) is -1.21. The van der Waals surface area contributed by atoms with Crippen molar-refractivity contribution in [2.45, 2.75) is 19.1 Å². The molecule has 1 N–H and O–H groups in total. The van der Waals surface area contributed by atoms with Crippen LogP contribution in [0, 0.1) is 18.3 Å². The number of carbonyl (C=O) groups is 1. The Hall–Kier alpha value is -3.43. The molecule has 196 valence electrons. The first-order valence-electron chi connectivity index (χ1n) is 11.0. The molecule has 7 nitrogen and oxygen atoms in total. The monoisotopic (exact) mass is 574 g/mol. The van der Waals surface area contributed by atoms with E-state index in [0.29, 0.717) is 16.7 Å². The molecule has 1 amide bonds. The van der Waals surface area contributed by atoms with Gasteiger partial charge in [-0.25, -0.2) is 4.98 Å². The fourth-order valence-electron chi connectivity index (χ4n) is 3.51. The second kappa shape index (κ2) is 12.0. The van der Waals surface area contributed by atoms with Crippen molar-refractivity contribution in [3.63, 3.8) is 0 Å². The number of nitrogens with one attached hydrogen (secondary N) is 1. The van der Waals surface area contributed by atoms with Gasteiger partial charge in [0.1, 0.15) is 5.75 Å². The number of allylic oxidation sites excluding steroid dienone is 2. The van der Waals surface area contributed by atoms with Crippen LogP contribution in [0.15, 0.2) is 65.7 Å². The number of likely N-dealkylation sites (N-methyl/N-ethyl adjacent to an activating group) is 1. The maximum Gasteiger partial charge on any atom is 0.304 e. The van der Waals surface area contributed by atoms with Crippen molar-refractivity contribution in [3.05, 3.63) is 98.7 Å². The predicted molar refractivity (Wildman–Crippen MR) is 150 cm³/mol. The van der Waals surface area contributed by atoms with Crippen LogP contribution in [-0.4, -0.2) is 22.5 Å². The van der Waals surface area contributed by atoms with Crippen molar-refractivity contribution in [2.75, 3.05) is 7.05 Å². The number of aromatic nitrogens is 2. The molecule has 0 saturated heterocycles. The standard InChI is InChI=1S/C26H23ClF2N4O3P2/c1-14-4-5-19(21(37)7-14)20(24(34)31-3)6-15(2)12-33-13-32-23(26(28,29)38)22(25(33)35)36-18-9-16(11-30)8-17(27)10-18/h4-10,13H,2,12,37-38H2,1,3H3,(H,31,34)/b20-6-. The van der Waals surface area contributed by atoms with Crippen molar-refractivity contribution >= 4 is 46.9 Å². The van der Waals surface area contributed by atoms with E-state index in [9.17, 15) is 18.4 Å². The minimum absolute atomic E-state index is 0.0887. The van der Waals surface area contributed by atoms with Crippen LogP contribution in [0.2, 0.25) is 5.02 Å². The molecule has 2 atom stereocenters. The molecule has 0 aliphatic heterocycles. The average molecular weight is 575 g/mol. The second-order valence-electron chi connectivity index (χ2n) is 8.25. The summed E-state index contributed by atoms with van der Waals surface area (Å²) in [6, 6.07) is 11.3. The van der Waals surface area contributed by atoms with Crippen LogP contribution < -0.4 is 20.9 Å². The molecule has 1 aromatic heterocycles. The highest BCUT2D eigenvalue weighted by molar-refractivity contribution is 7.27. The second-order valence-corrected chi connectivity index (χ2v) is 10.0. The smallest absolute Gasteiger partial charge is 0.304 e. The number of nitriles is 1. The molecule has 2 aromatic carbocycles. The number of rotatable bonds is 8. The number of halogens is 3. The lowest BCUT2D eigenvalue weighted by Crippen LogP contribution is -2.26. The number of hydrogen-bond acceptors (Lipinski definition) is 5. The first-order chi connectivity index (χ1) is 17.8. The van der Waals surface area contributed by atoms with Gasteiger partial charge < -0.3 is 10.1 Å². The van der Waals surface area contributed by atoms with E-state index >= 15 is 0 Å². The van der Waals surface area contributed by atoms with Crippen LogP contribution in [0.5, 0.6) is 11.5 Å². The molecule has 3 aromatic rings. The highest BCUT2D eigenvalue weighted by Gasteiger charge is 2.33. The molecule has 38 heavy (non-hydrogen) atoms. The van der Waals surface area contributed by atoms with Crippen LogP contribution >= 0.6 is 30.1 Å². The third-order valence-corrected chi connectivity index (χ3v) is 6.19. The van der Waals surface area contributed by atoms with Crippen molar-refractivity contribution in [3.8, 4) is 17.6 Å². The van der Waals surface area contributed by atoms with Crippen molar-refractivity contribution in [1.82, 2.24) is 14.9 Å². The third-order valence-electron chi connectivity index (χ3n) is 5.22. The number of carbonyl (C=O) groups excluding carboxylic acids is 1. The highest BCUT2D eigenvalue weighted by Crippen LogP contribution is 2.39. The Morgan fingerprint density at radius 3 is 2.66 bits per heavy atom. The van der Waals surface area contributed by atoms with Gasteiger partial charge in [-0.2, -0.15) is 14.0 Å². The lowest BCUT2D eigenvalue weighted by molar-refractivity contribution is -0.115. The number of hydrogen-bond donors (Lipinski definition) is 1. The number of ether oxygens (including phenoxy) is 1. The van der Waals surface area contributed by atoms with E-state index in [-0.39, 0.29) is 28.8 Å². The van der Waals surface area contributed by atoms with Gasteiger partial charge in [-0.05, 0) is 47.6 Å². The zero-order chi connectivity index (χ0) is 28.2. The highest BCUT2D eigenvalue weighted by atomic mass is 35.5. The molecule has 12 heteroatoms. The molecular formula is C26H23ClF2N4O3P2. The molecule has 3 rings (SSSR count). The van der Waals surface area contributed by atoms with E-state index in [1.807, 2.05) is 25.1 Å². The Kier molecular flexibility index (Phi) is 9.17. The van der Waals surface area contributed by atoms with E-state index in [4.69, 9.17) is 21.6 Å². The van der Waals surface area contributed by atoms with Gasteiger partial charge in [-0.3, -0.25) is 14.2 Å². The molecule has 0 radical (unpaired) electrons. The number of amides is 1. The van der Waals surface area contributed by atoms with E-state index in [1.165, 1.54) is 40.6 Å². The minimum atomic E-state index is -3.59. The zero-order valence-corrected chi connectivity index (χ0v) is 23.5. The summed E-state index contributed by atoms with van der Waals surface area (Å²) in [5.41, 5.74) is -3.04. The largest absolute Gasteiger partial charge is 0.449 e. The Labute approximate surface area is 227 Å². The summed E-state index contributed by atoms with van der Waals surface area (Å²) in [6.45, 7) is 5.69. The summed E-state index contributed by atoms with van der Waals surface area (Å²) in [6.07, 6.45) is 2.46. The van der Waals surface area contributed by atoms with Gasteiger partial charge in [0, 0.05) is 17.6 Å². The summed E-state index contributed by atoms with van der Waals surface area (Å²) < 4.78 is 35.1. The molecule has 0 saturated carbocycles. The van der Waals surface area contributed by atoms with Gasteiger partial charge in [0.25, 0.3) is 11.5 Å². The first-order valence-corrected chi connectivity index (χ1v) is 12.5. The van der Waals surface area contributed by atoms with Gasteiger partial charge in [0.15, 0.2) is 5.69 Å². The number of alkyl halides is 2.